The van der Waals surface area contributed by atoms with E-state index in [1.54, 1.807) is 0 Å². The minimum atomic E-state index is -0.803. The molecule has 2 N–H and O–H groups in total. The van der Waals surface area contributed by atoms with Crippen molar-refractivity contribution in [2.24, 2.45) is 0 Å². The molecule has 0 aliphatic heterocycles. The highest BCUT2D eigenvalue weighted by Crippen LogP contribution is 2.32. The molecule has 116 valence electrons. The Balaban J connectivity index is 1.89. The average Bonchev–Trinajstić information content (AvgIpc) is 2.83. The number of rotatable bonds is 6. The average molecular weight is 291 g/mol. The monoisotopic (exact) mass is 291 g/mol. The number of benzene rings is 1. The summed E-state index contributed by atoms with van der Waals surface area (Å²) < 4.78 is 5.56. The first-order chi connectivity index (χ1) is 9.97. The van der Waals surface area contributed by atoms with Crippen LogP contribution >= 0.6 is 0 Å². The number of aliphatic hydroxyl groups is 1. The Hall–Kier alpha value is -1.39. The van der Waals surface area contributed by atoms with Crippen LogP contribution in [0.25, 0.3) is 0 Å². The van der Waals surface area contributed by atoms with Crippen LogP contribution in [0.1, 0.15) is 51.5 Å². The molecule has 0 unspecified atom stereocenters. The summed E-state index contributed by atoms with van der Waals surface area (Å²) in [6.45, 7) is 4.52. The van der Waals surface area contributed by atoms with Crippen LogP contribution in [0.2, 0.25) is 0 Å². The molecule has 1 aliphatic rings. The van der Waals surface area contributed by atoms with Crippen molar-refractivity contribution in [3.05, 3.63) is 29.8 Å². The SMILES string of the molecule is CC(C)OCc1cccc(NC(=O)CC2(O)CCCC2)c1. The number of hydrogen-bond donors (Lipinski definition) is 2. The zero-order chi connectivity index (χ0) is 15.3. The first-order valence-corrected chi connectivity index (χ1v) is 7.70. The van der Waals surface area contributed by atoms with Crippen molar-refractivity contribution in [2.45, 2.75) is 64.3 Å². The first-order valence-electron chi connectivity index (χ1n) is 7.70. The van der Waals surface area contributed by atoms with E-state index in [-0.39, 0.29) is 18.4 Å². The molecule has 1 fully saturated rings. The van der Waals surface area contributed by atoms with Gasteiger partial charge >= 0.3 is 0 Å². The predicted octanol–water partition coefficient (Wildman–Crippen LogP) is 3.25. The van der Waals surface area contributed by atoms with Crippen molar-refractivity contribution in [2.75, 3.05) is 5.32 Å². The number of carbonyl (C=O) groups is 1. The molecule has 0 heterocycles. The Kier molecular flexibility index (Phi) is 5.37. The Labute approximate surface area is 126 Å². The normalized spacial score (nSPS) is 17.1. The van der Waals surface area contributed by atoms with Gasteiger partial charge in [0.2, 0.25) is 5.91 Å². The van der Waals surface area contributed by atoms with E-state index in [9.17, 15) is 9.90 Å². The van der Waals surface area contributed by atoms with E-state index in [4.69, 9.17) is 4.74 Å². The topological polar surface area (TPSA) is 58.6 Å². The molecule has 0 bridgehead atoms. The van der Waals surface area contributed by atoms with Gasteiger partial charge in [-0.3, -0.25) is 4.79 Å². The largest absolute Gasteiger partial charge is 0.389 e. The summed E-state index contributed by atoms with van der Waals surface area (Å²) in [5.74, 6) is -0.124. The maximum atomic E-state index is 12.0. The highest BCUT2D eigenvalue weighted by atomic mass is 16.5. The summed E-state index contributed by atoms with van der Waals surface area (Å²) in [4.78, 5) is 12.0. The molecular formula is C17H25NO3. The van der Waals surface area contributed by atoms with Crippen LogP contribution in [-0.2, 0) is 16.1 Å². The van der Waals surface area contributed by atoms with Gasteiger partial charge in [0.1, 0.15) is 0 Å². The van der Waals surface area contributed by atoms with E-state index in [0.717, 1.165) is 36.9 Å². The molecule has 1 amide bonds. The number of nitrogens with one attached hydrogen (secondary N) is 1. The van der Waals surface area contributed by atoms with Gasteiger partial charge in [0, 0.05) is 5.69 Å². The number of carbonyl (C=O) groups excluding carboxylic acids is 1. The zero-order valence-corrected chi connectivity index (χ0v) is 12.9. The summed E-state index contributed by atoms with van der Waals surface area (Å²) in [5.41, 5.74) is 0.982. The molecule has 21 heavy (non-hydrogen) atoms. The molecule has 0 radical (unpaired) electrons. The van der Waals surface area contributed by atoms with Gasteiger partial charge in [0.15, 0.2) is 0 Å². The van der Waals surface area contributed by atoms with Gasteiger partial charge < -0.3 is 15.2 Å². The number of amides is 1. The highest BCUT2D eigenvalue weighted by Gasteiger charge is 2.33. The van der Waals surface area contributed by atoms with Crippen molar-refractivity contribution in [3.8, 4) is 0 Å². The van der Waals surface area contributed by atoms with Gasteiger partial charge in [-0.15, -0.1) is 0 Å². The van der Waals surface area contributed by atoms with Crippen molar-refractivity contribution in [1.82, 2.24) is 0 Å². The third-order valence-corrected chi connectivity index (χ3v) is 3.82. The van der Waals surface area contributed by atoms with Crippen LogP contribution in [0, 0.1) is 0 Å². The van der Waals surface area contributed by atoms with Crippen molar-refractivity contribution >= 4 is 11.6 Å². The van der Waals surface area contributed by atoms with E-state index < -0.39 is 5.60 Å². The van der Waals surface area contributed by atoms with E-state index >= 15 is 0 Å². The van der Waals surface area contributed by atoms with Crippen LogP contribution in [0.15, 0.2) is 24.3 Å². The van der Waals surface area contributed by atoms with E-state index in [1.165, 1.54) is 0 Å². The smallest absolute Gasteiger partial charge is 0.227 e. The van der Waals surface area contributed by atoms with Crippen LogP contribution in [0.4, 0.5) is 5.69 Å². The highest BCUT2D eigenvalue weighted by molar-refractivity contribution is 5.91. The van der Waals surface area contributed by atoms with Crippen molar-refractivity contribution < 1.29 is 14.6 Å². The lowest BCUT2D eigenvalue weighted by molar-refractivity contribution is -0.120. The summed E-state index contributed by atoms with van der Waals surface area (Å²) in [6, 6.07) is 7.65. The molecule has 1 aromatic rings. The van der Waals surface area contributed by atoms with E-state index in [1.807, 2.05) is 38.1 Å². The zero-order valence-electron chi connectivity index (χ0n) is 12.9. The standard InChI is InChI=1S/C17H25NO3/c1-13(2)21-12-14-6-5-7-15(10-14)18-16(19)11-17(20)8-3-4-9-17/h5-7,10,13,20H,3-4,8-9,11-12H2,1-2H3,(H,18,19). The fraction of sp³-hybridized carbons (Fsp3) is 0.588. The molecule has 1 aromatic carbocycles. The quantitative estimate of drug-likeness (QED) is 0.846. The van der Waals surface area contributed by atoms with Crippen LogP contribution in [-0.4, -0.2) is 22.7 Å². The fourth-order valence-corrected chi connectivity index (χ4v) is 2.72. The molecule has 4 heteroatoms. The second-order valence-corrected chi connectivity index (χ2v) is 6.22. The van der Waals surface area contributed by atoms with Gasteiger partial charge in [0.05, 0.1) is 24.7 Å². The number of hydrogen-bond acceptors (Lipinski definition) is 3. The first kappa shape index (κ1) is 16.0. The minimum Gasteiger partial charge on any atom is -0.389 e. The summed E-state index contributed by atoms with van der Waals surface area (Å²) in [6.07, 6.45) is 3.82. The maximum absolute atomic E-state index is 12.0. The van der Waals surface area contributed by atoms with Crippen LogP contribution in [0.5, 0.6) is 0 Å². The van der Waals surface area contributed by atoms with Crippen molar-refractivity contribution in [3.63, 3.8) is 0 Å². The van der Waals surface area contributed by atoms with Gasteiger partial charge in [-0.1, -0.05) is 25.0 Å². The summed E-state index contributed by atoms with van der Waals surface area (Å²) in [7, 11) is 0. The number of ether oxygens (including phenoxy) is 1. The van der Waals surface area contributed by atoms with Crippen LogP contribution < -0.4 is 5.32 Å². The summed E-state index contributed by atoms with van der Waals surface area (Å²) in [5, 5.41) is 13.1. The van der Waals surface area contributed by atoms with E-state index in [0.29, 0.717) is 6.61 Å². The fourth-order valence-electron chi connectivity index (χ4n) is 2.72. The molecule has 0 saturated heterocycles. The minimum absolute atomic E-state index is 0.124. The lowest BCUT2D eigenvalue weighted by Crippen LogP contribution is -2.30. The molecule has 1 saturated carbocycles. The Morgan fingerprint density at radius 3 is 2.76 bits per heavy atom. The lowest BCUT2D eigenvalue weighted by Gasteiger charge is -2.21. The lowest BCUT2D eigenvalue weighted by atomic mass is 9.97. The second-order valence-electron chi connectivity index (χ2n) is 6.22. The van der Waals surface area contributed by atoms with E-state index in [2.05, 4.69) is 5.32 Å². The predicted molar refractivity (Wildman–Crippen MR) is 83.0 cm³/mol. The van der Waals surface area contributed by atoms with Gasteiger partial charge in [-0.05, 0) is 44.4 Å². The van der Waals surface area contributed by atoms with Crippen LogP contribution in [0.3, 0.4) is 0 Å². The molecule has 2 rings (SSSR count). The van der Waals surface area contributed by atoms with Gasteiger partial charge in [-0.2, -0.15) is 0 Å². The number of anilines is 1. The maximum Gasteiger partial charge on any atom is 0.227 e. The molecular weight excluding hydrogens is 266 g/mol. The van der Waals surface area contributed by atoms with Gasteiger partial charge in [0.25, 0.3) is 0 Å². The van der Waals surface area contributed by atoms with Gasteiger partial charge in [-0.25, -0.2) is 0 Å². The molecule has 0 aromatic heterocycles. The Bertz CT molecular complexity index is 479. The third-order valence-electron chi connectivity index (χ3n) is 3.82. The Morgan fingerprint density at radius 2 is 2.10 bits per heavy atom. The second kappa shape index (κ2) is 7.05. The molecule has 0 spiro atoms. The Morgan fingerprint density at radius 1 is 1.38 bits per heavy atom. The van der Waals surface area contributed by atoms with Crippen molar-refractivity contribution in [1.29, 1.82) is 0 Å². The molecule has 0 atom stereocenters. The molecule has 1 aliphatic carbocycles. The third kappa shape index (κ3) is 5.14. The molecule has 4 nitrogen and oxygen atoms in total. The summed E-state index contributed by atoms with van der Waals surface area (Å²) >= 11 is 0.